The summed E-state index contributed by atoms with van der Waals surface area (Å²) in [5.41, 5.74) is 6.97. The van der Waals surface area contributed by atoms with Crippen molar-refractivity contribution in [3.05, 3.63) is 34.6 Å². The van der Waals surface area contributed by atoms with Crippen molar-refractivity contribution in [1.29, 1.82) is 0 Å². The third-order valence-electron chi connectivity index (χ3n) is 2.43. The van der Waals surface area contributed by atoms with E-state index in [0.29, 0.717) is 16.3 Å². The molecule has 0 fully saturated rings. The summed E-state index contributed by atoms with van der Waals surface area (Å²) in [6, 6.07) is 3.55. The van der Waals surface area contributed by atoms with Gasteiger partial charge in [-0.3, -0.25) is 4.68 Å². The Morgan fingerprint density at radius 3 is 2.84 bits per heavy atom. The molecule has 0 aliphatic carbocycles. The second-order valence-corrected chi connectivity index (χ2v) is 5.24. The number of hydrogen-bond donors (Lipinski definition) is 2. The molecule has 0 radical (unpaired) electrons. The van der Waals surface area contributed by atoms with E-state index in [1.54, 1.807) is 37.0 Å². The Hall–Kier alpha value is -1.73. The molecule has 0 saturated heterocycles. The van der Waals surface area contributed by atoms with E-state index in [0.717, 1.165) is 10.1 Å². The smallest absolute Gasteiger partial charge is 0.174 e. The Labute approximate surface area is 119 Å². The van der Waals surface area contributed by atoms with Crippen LogP contribution in [0.3, 0.4) is 0 Å². The molecule has 6 nitrogen and oxygen atoms in total. The first kappa shape index (κ1) is 13.7. The van der Waals surface area contributed by atoms with E-state index in [1.165, 1.54) is 11.8 Å². The predicted octanol–water partition coefficient (Wildman–Crippen LogP) is 2.02. The van der Waals surface area contributed by atoms with E-state index in [4.69, 9.17) is 22.5 Å². The Balaban J connectivity index is 2.42. The minimum atomic E-state index is 0.0297. The van der Waals surface area contributed by atoms with Crippen LogP contribution in [0.15, 0.2) is 33.5 Å². The Bertz CT molecular complexity index is 623. The van der Waals surface area contributed by atoms with Crippen molar-refractivity contribution in [2.45, 2.75) is 17.0 Å². The van der Waals surface area contributed by atoms with Gasteiger partial charge in [0.1, 0.15) is 10.1 Å². The summed E-state index contributed by atoms with van der Waals surface area (Å²) in [4.78, 5) is 4.20. The van der Waals surface area contributed by atoms with Crippen LogP contribution in [-0.2, 0) is 7.05 Å². The zero-order valence-corrected chi connectivity index (χ0v) is 11.9. The molecule has 2 aromatic rings. The van der Waals surface area contributed by atoms with Gasteiger partial charge in [0, 0.05) is 13.2 Å². The Morgan fingerprint density at radius 1 is 1.53 bits per heavy atom. The van der Waals surface area contributed by atoms with Crippen LogP contribution in [0.5, 0.6) is 0 Å². The fourth-order valence-corrected chi connectivity index (χ4v) is 2.70. The lowest BCUT2D eigenvalue weighted by atomic mass is 10.2. The van der Waals surface area contributed by atoms with Crippen LogP contribution < -0.4 is 5.73 Å². The van der Waals surface area contributed by atoms with Gasteiger partial charge in [-0.2, -0.15) is 5.10 Å². The number of halogens is 1. The van der Waals surface area contributed by atoms with Crippen LogP contribution in [0, 0.1) is 6.92 Å². The summed E-state index contributed by atoms with van der Waals surface area (Å²) in [5, 5.41) is 18.2. The molecule has 8 heteroatoms. The van der Waals surface area contributed by atoms with Crippen molar-refractivity contribution >= 4 is 29.2 Å². The monoisotopic (exact) mass is 297 g/mol. The van der Waals surface area contributed by atoms with Gasteiger partial charge in [-0.1, -0.05) is 16.8 Å². The van der Waals surface area contributed by atoms with E-state index in [2.05, 4.69) is 15.2 Å². The molecule has 0 atom stereocenters. The number of aryl methyl sites for hydroxylation is 2. The Kier molecular flexibility index (Phi) is 3.96. The van der Waals surface area contributed by atoms with Crippen molar-refractivity contribution in [3.63, 3.8) is 0 Å². The number of nitrogens with two attached hydrogens (primary N) is 1. The van der Waals surface area contributed by atoms with E-state index >= 15 is 0 Å². The molecular formula is C11H12ClN5OS. The summed E-state index contributed by atoms with van der Waals surface area (Å²) in [6.07, 6.45) is 1.57. The lowest BCUT2D eigenvalue weighted by molar-refractivity contribution is 0.318. The highest BCUT2D eigenvalue weighted by Gasteiger charge is 2.18. The molecule has 2 heterocycles. The fraction of sp³-hybridized carbons (Fsp3) is 0.182. The van der Waals surface area contributed by atoms with Crippen LogP contribution in [0.1, 0.15) is 11.3 Å². The highest BCUT2D eigenvalue weighted by atomic mass is 35.5. The van der Waals surface area contributed by atoms with Gasteiger partial charge in [0.2, 0.25) is 0 Å². The topological polar surface area (TPSA) is 89.3 Å². The van der Waals surface area contributed by atoms with Crippen LogP contribution >= 0.6 is 23.4 Å². The van der Waals surface area contributed by atoms with Gasteiger partial charge in [0.15, 0.2) is 5.84 Å². The molecule has 0 unspecified atom stereocenters. The van der Waals surface area contributed by atoms with Crippen molar-refractivity contribution in [2.75, 3.05) is 0 Å². The average molecular weight is 298 g/mol. The number of amidine groups is 1. The summed E-state index contributed by atoms with van der Waals surface area (Å²) in [5.74, 6) is 0.0297. The van der Waals surface area contributed by atoms with E-state index in [-0.39, 0.29) is 5.84 Å². The fourth-order valence-electron chi connectivity index (χ4n) is 1.62. The number of nitrogens with zero attached hydrogens (tertiary/aromatic N) is 4. The van der Waals surface area contributed by atoms with Crippen LogP contribution in [0.2, 0.25) is 5.02 Å². The van der Waals surface area contributed by atoms with Gasteiger partial charge in [-0.05, 0) is 30.8 Å². The van der Waals surface area contributed by atoms with Gasteiger partial charge in [-0.15, -0.1) is 0 Å². The van der Waals surface area contributed by atoms with Gasteiger partial charge < -0.3 is 10.9 Å². The quantitative estimate of drug-likeness (QED) is 0.391. The van der Waals surface area contributed by atoms with E-state index in [1.807, 2.05) is 0 Å². The first-order chi connectivity index (χ1) is 9.02. The predicted molar refractivity (Wildman–Crippen MR) is 73.8 cm³/mol. The maximum atomic E-state index is 8.83. The van der Waals surface area contributed by atoms with Crippen molar-refractivity contribution in [1.82, 2.24) is 14.8 Å². The maximum Gasteiger partial charge on any atom is 0.174 e. The number of rotatable bonds is 3. The highest BCUT2D eigenvalue weighted by Crippen LogP contribution is 2.30. The van der Waals surface area contributed by atoms with Crippen molar-refractivity contribution in [3.8, 4) is 0 Å². The summed E-state index contributed by atoms with van der Waals surface area (Å²) >= 11 is 7.17. The molecule has 0 saturated carbocycles. The number of aromatic nitrogens is 3. The molecule has 19 heavy (non-hydrogen) atoms. The molecule has 0 aliphatic rings. The molecule has 0 amide bonds. The Morgan fingerprint density at radius 2 is 2.26 bits per heavy atom. The molecule has 100 valence electrons. The molecule has 0 aromatic carbocycles. The third kappa shape index (κ3) is 2.82. The largest absolute Gasteiger partial charge is 0.409 e. The second-order valence-electron chi connectivity index (χ2n) is 3.79. The highest BCUT2D eigenvalue weighted by molar-refractivity contribution is 7.99. The molecule has 2 aromatic heterocycles. The summed E-state index contributed by atoms with van der Waals surface area (Å²) in [6.45, 7) is 1.80. The zero-order valence-electron chi connectivity index (χ0n) is 10.3. The van der Waals surface area contributed by atoms with Crippen LogP contribution in [0.25, 0.3) is 0 Å². The first-order valence-corrected chi connectivity index (χ1v) is 6.53. The third-order valence-corrected chi connectivity index (χ3v) is 3.77. The molecular weight excluding hydrogens is 286 g/mol. The lowest BCUT2D eigenvalue weighted by Gasteiger charge is -2.04. The minimum absolute atomic E-state index is 0.0297. The number of hydrogen-bond acceptors (Lipinski definition) is 5. The van der Waals surface area contributed by atoms with Gasteiger partial charge in [0.25, 0.3) is 0 Å². The van der Waals surface area contributed by atoms with Crippen molar-refractivity contribution < 1.29 is 5.21 Å². The summed E-state index contributed by atoms with van der Waals surface area (Å²) in [7, 11) is 1.79. The zero-order chi connectivity index (χ0) is 14.0. The van der Waals surface area contributed by atoms with Gasteiger partial charge in [-0.25, -0.2) is 4.98 Å². The maximum absolute atomic E-state index is 8.83. The van der Waals surface area contributed by atoms with Crippen molar-refractivity contribution in [2.24, 2.45) is 17.9 Å². The molecule has 2 rings (SSSR count). The first-order valence-electron chi connectivity index (χ1n) is 5.34. The van der Waals surface area contributed by atoms with Crippen LogP contribution in [-0.4, -0.2) is 25.8 Å². The molecule has 3 N–H and O–H groups in total. The molecule has 0 aliphatic heterocycles. The normalized spacial score (nSPS) is 11.8. The van der Waals surface area contributed by atoms with Crippen LogP contribution in [0.4, 0.5) is 0 Å². The van der Waals surface area contributed by atoms with Gasteiger partial charge >= 0.3 is 0 Å². The molecule has 0 spiro atoms. The standard InChI is InChI=1S/C11H12ClN5OS/c1-6-9(10(13)16-18)11(17(2)15-6)19-8-4-3-7(12)5-14-8/h3-5,18H,1-2H3,(H2,13,16). The van der Waals surface area contributed by atoms with E-state index in [9.17, 15) is 0 Å². The van der Waals surface area contributed by atoms with E-state index < -0.39 is 0 Å². The number of oxime groups is 1. The SMILES string of the molecule is Cc1nn(C)c(Sc2ccc(Cl)cn2)c1C(N)=NO. The summed E-state index contributed by atoms with van der Waals surface area (Å²) < 4.78 is 1.67. The average Bonchev–Trinajstić information content (AvgIpc) is 2.66. The molecule has 0 bridgehead atoms. The minimum Gasteiger partial charge on any atom is -0.409 e. The number of pyridine rings is 1. The second kappa shape index (κ2) is 5.50. The van der Waals surface area contributed by atoms with Gasteiger partial charge in [0.05, 0.1) is 16.3 Å². The lowest BCUT2D eigenvalue weighted by Crippen LogP contribution is -2.15.